The third kappa shape index (κ3) is 0.380. The lowest BCUT2D eigenvalue weighted by atomic mass is 10.5. The Kier molecular flexibility index (Phi) is 0.577. The van der Waals surface area contributed by atoms with Crippen molar-refractivity contribution < 1.29 is 0 Å². The van der Waals surface area contributed by atoms with E-state index in [2.05, 4.69) is 12.2 Å². The summed E-state index contributed by atoms with van der Waals surface area (Å²) < 4.78 is 0. The van der Waals surface area contributed by atoms with E-state index in [4.69, 9.17) is 0 Å². The fourth-order valence-corrected chi connectivity index (χ4v) is 0.295. The highest BCUT2D eigenvalue weighted by atomic mass is 13.8. The van der Waals surface area contributed by atoms with Crippen molar-refractivity contribution in [3.8, 4) is 0 Å². The van der Waals surface area contributed by atoms with Crippen molar-refractivity contribution in [1.82, 2.24) is 0 Å². The molecule has 0 bridgehead atoms. The first-order valence-corrected chi connectivity index (χ1v) is 1.62. The molecule has 1 aliphatic carbocycles. The van der Waals surface area contributed by atoms with Gasteiger partial charge in [0.15, 0.2) is 0 Å². The zero-order valence-electron chi connectivity index (χ0n) is 2.86. The smallest absolute Gasteiger partial charge is 0.203 e. The molecule has 1 rings (SSSR count). The zero-order chi connectivity index (χ0) is 3.54. The maximum atomic E-state index is 2.93. The maximum Gasteiger partial charge on any atom is -0.203 e. The Balaban J connectivity index is 2.61. The standard InChI is InChI=1S/C5H4/c1-2-4-5-3-1/h1-2H,5H2/q-2. The average molecular weight is 64.1 g/mol. The molecule has 0 radical (unpaired) electrons. The van der Waals surface area contributed by atoms with E-state index in [1.54, 1.807) is 0 Å². The van der Waals surface area contributed by atoms with Gasteiger partial charge in [0, 0.05) is 0 Å². The zero-order valence-corrected chi connectivity index (χ0v) is 2.86. The number of rotatable bonds is 0. The molecule has 0 N–H and O–H groups in total. The highest BCUT2D eigenvalue weighted by molar-refractivity contribution is 5.02. The van der Waals surface area contributed by atoms with Crippen LogP contribution in [0.5, 0.6) is 0 Å². The molecule has 0 nitrogen and oxygen atoms in total. The monoisotopic (exact) mass is 64.0 g/mol. The van der Waals surface area contributed by atoms with Crippen LogP contribution in [0, 0.1) is 12.2 Å². The summed E-state index contributed by atoms with van der Waals surface area (Å²) in [6.07, 6.45) is 10.5. The molecule has 0 saturated carbocycles. The molecule has 0 saturated heterocycles. The van der Waals surface area contributed by atoms with Crippen LogP contribution in [0.1, 0.15) is 6.42 Å². The molecular weight excluding hydrogens is 60.1 g/mol. The third-order valence-electron chi connectivity index (χ3n) is 0.523. The van der Waals surface area contributed by atoms with Crippen LogP contribution >= 0.6 is 0 Å². The van der Waals surface area contributed by atoms with Crippen molar-refractivity contribution in [3.63, 3.8) is 0 Å². The number of hydrogen-bond donors (Lipinski definition) is 0. The Morgan fingerprint density at radius 2 is 1.80 bits per heavy atom. The molecule has 0 aromatic heterocycles. The van der Waals surface area contributed by atoms with Gasteiger partial charge in [-0.05, 0) is 0 Å². The van der Waals surface area contributed by atoms with Crippen LogP contribution in [0.3, 0.4) is 0 Å². The summed E-state index contributed by atoms with van der Waals surface area (Å²) in [5, 5.41) is 0. The fourth-order valence-electron chi connectivity index (χ4n) is 0.295. The third-order valence-corrected chi connectivity index (χ3v) is 0.523. The predicted molar refractivity (Wildman–Crippen MR) is 20.2 cm³/mol. The summed E-state index contributed by atoms with van der Waals surface area (Å²) in [5.74, 6) is 0. The summed E-state index contributed by atoms with van der Waals surface area (Å²) in [6, 6.07) is 0. The van der Waals surface area contributed by atoms with Crippen LogP contribution in [0.4, 0.5) is 0 Å². The van der Waals surface area contributed by atoms with Gasteiger partial charge < -0.3 is 24.3 Å². The first-order chi connectivity index (χ1) is 2.50. The average Bonchev–Trinajstić information content (AvgIpc) is 1.76. The summed E-state index contributed by atoms with van der Waals surface area (Å²) in [5.41, 5.74) is 0. The van der Waals surface area contributed by atoms with Crippen molar-refractivity contribution in [3.05, 3.63) is 24.3 Å². The summed E-state index contributed by atoms with van der Waals surface area (Å²) in [4.78, 5) is 0. The van der Waals surface area contributed by atoms with Crippen molar-refractivity contribution in [2.45, 2.75) is 6.42 Å². The van der Waals surface area contributed by atoms with Crippen LogP contribution in [0.2, 0.25) is 0 Å². The first-order valence-electron chi connectivity index (χ1n) is 1.62. The lowest BCUT2D eigenvalue weighted by Crippen LogP contribution is -1.40. The van der Waals surface area contributed by atoms with Crippen LogP contribution < -0.4 is 0 Å². The summed E-state index contributed by atoms with van der Waals surface area (Å²) in [7, 11) is 0. The molecule has 1 aliphatic rings. The molecular formula is C5H4-2. The Bertz CT molecular complexity index is 58.1. The van der Waals surface area contributed by atoms with Crippen molar-refractivity contribution in [2.24, 2.45) is 0 Å². The molecule has 0 heteroatoms. The quantitative estimate of drug-likeness (QED) is 0.370. The largest absolute Gasteiger partial charge is 0.392 e. The van der Waals surface area contributed by atoms with E-state index in [1.165, 1.54) is 0 Å². The van der Waals surface area contributed by atoms with Gasteiger partial charge in [-0.1, -0.05) is 0 Å². The number of allylic oxidation sites excluding steroid dienone is 4. The van der Waals surface area contributed by atoms with E-state index in [0.29, 0.717) is 0 Å². The predicted octanol–water partition coefficient (Wildman–Crippen LogP) is 1.11. The van der Waals surface area contributed by atoms with E-state index < -0.39 is 0 Å². The van der Waals surface area contributed by atoms with E-state index in [-0.39, 0.29) is 0 Å². The van der Waals surface area contributed by atoms with Crippen molar-refractivity contribution >= 4 is 0 Å². The minimum absolute atomic E-state index is 0.889. The highest BCUT2D eigenvalue weighted by Gasteiger charge is 1.44. The second kappa shape index (κ2) is 1.07. The van der Waals surface area contributed by atoms with Crippen LogP contribution in [0.15, 0.2) is 12.2 Å². The number of hydrogen-bond acceptors (Lipinski definition) is 0. The van der Waals surface area contributed by atoms with E-state index >= 15 is 0 Å². The topological polar surface area (TPSA) is 0 Å². The second-order valence-electron chi connectivity index (χ2n) is 0.918. The summed E-state index contributed by atoms with van der Waals surface area (Å²) in [6.45, 7) is 0. The minimum atomic E-state index is 0.889. The maximum absolute atomic E-state index is 2.93. The lowest BCUT2D eigenvalue weighted by Gasteiger charge is -1.83. The van der Waals surface area contributed by atoms with Gasteiger partial charge in [0.25, 0.3) is 0 Å². The van der Waals surface area contributed by atoms with E-state index in [0.717, 1.165) is 6.42 Å². The molecule has 0 heterocycles. The first kappa shape index (κ1) is 2.70. The van der Waals surface area contributed by atoms with Gasteiger partial charge in [-0.3, -0.25) is 0 Å². The van der Waals surface area contributed by atoms with Gasteiger partial charge in [0.05, 0.1) is 0 Å². The SMILES string of the molecule is [C-]1=CC=[C-]C1. The van der Waals surface area contributed by atoms with Gasteiger partial charge in [-0.2, -0.15) is 0 Å². The van der Waals surface area contributed by atoms with Gasteiger partial charge in [0.2, 0.25) is 0 Å². The molecule has 5 heavy (non-hydrogen) atoms. The van der Waals surface area contributed by atoms with Crippen molar-refractivity contribution in [1.29, 1.82) is 0 Å². The van der Waals surface area contributed by atoms with Gasteiger partial charge >= 0.3 is 0 Å². The lowest BCUT2D eigenvalue weighted by molar-refractivity contribution is 1.35. The molecule has 0 aromatic carbocycles. The van der Waals surface area contributed by atoms with Gasteiger partial charge in [-0.15, -0.1) is 0 Å². The molecule has 0 atom stereocenters. The van der Waals surface area contributed by atoms with Crippen molar-refractivity contribution in [2.75, 3.05) is 0 Å². The van der Waals surface area contributed by atoms with Crippen LogP contribution in [0.25, 0.3) is 0 Å². The Hall–Kier alpha value is -0.520. The highest BCUT2D eigenvalue weighted by Crippen LogP contribution is 1.90. The van der Waals surface area contributed by atoms with Gasteiger partial charge in [0.1, 0.15) is 0 Å². The second-order valence-corrected chi connectivity index (χ2v) is 0.918. The minimum Gasteiger partial charge on any atom is -0.392 e. The van der Waals surface area contributed by atoms with Gasteiger partial charge in [-0.25, -0.2) is 6.42 Å². The molecule has 0 unspecified atom stereocenters. The Labute approximate surface area is 31.8 Å². The van der Waals surface area contributed by atoms with E-state index in [1.807, 2.05) is 12.2 Å². The molecule has 0 aromatic rings. The van der Waals surface area contributed by atoms with E-state index in [9.17, 15) is 0 Å². The summed E-state index contributed by atoms with van der Waals surface area (Å²) >= 11 is 0. The molecule has 0 amide bonds. The normalized spacial score (nSPS) is 17.6. The Morgan fingerprint density at radius 1 is 1.20 bits per heavy atom. The van der Waals surface area contributed by atoms with Crippen LogP contribution in [-0.4, -0.2) is 0 Å². The molecule has 26 valence electrons. The molecule has 0 spiro atoms. The molecule has 0 fully saturated rings. The Morgan fingerprint density at radius 3 is 2.00 bits per heavy atom. The van der Waals surface area contributed by atoms with Crippen LogP contribution in [-0.2, 0) is 0 Å². The fraction of sp³-hybridized carbons (Fsp3) is 0.200. The molecule has 0 aliphatic heterocycles.